The molecule has 0 spiro atoms. The molecule has 1 aromatic carbocycles. The number of halogens is 6. The highest BCUT2D eigenvalue weighted by Gasteiger charge is 2.39. The second-order valence-corrected chi connectivity index (χ2v) is 7.43. The van der Waals surface area contributed by atoms with Crippen molar-refractivity contribution in [3.63, 3.8) is 0 Å². The van der Waals surface area contributed by atoms with Crippen molar-refractivity contribution in [2.24, 2.45) is 0 Å². The molecule has 0 aliphatic heterocycles. The number of aromatic amines is 1. The quantitative estimate of drug-likeness (QED) is 0.415. The Bertz CT molecular complexity index is 1160. The van der Waals surface area contributed by atoms with Gasteiger partial charge in [-0.25, -0.2) is 9.37 Å². The zero-order chi connectivity index (χ0) is 23.8. The topological polar surface area (TPSA) is 106 Å². The van der Waals surface area contributed by atoms with E-state index in [-0.39, 0.29) is 32.9 Å². The van der Waals surface area contributed by atoms with Gasteiger partial charge in [0.1, 0.15) is 28.2 Å². The van der Waals surface area contributed by atoms with Crippen molar-refractivity contribution in [1.82, 2.24) is 15.2 Å². The maximum atomic E-state index is 15.0. The Morgan fingerprint density at radius 2 is 1.97 bits per heavy atom. The van der Waals surface area contributed by atoms with E-state index in [1.807, 2.05) is 0 Å². The van der Waals surface area contributed by atoms with Crippen LogP contribution in [-0.2, 0) is 0 Å². The normalized spacial score (nSPS) is 12.5. The second kappa shape index (κ2) is 8.83. The molecule has 3 rings (SSSR count). The Hall–Kier alpha value is -3.05. The van der Waals surface area contributed by atoms with Gasteiger partial charge in [-0.1, -0.05) is 23.2 Å². The van der Waals surface area contributed by atoms with Crippen LogP contribution < -0.4 is 15.8 Å². The minimum absolute atomic E-state index is 0.00169. The molecule has 1 atom stereocenters. The molecule has 1 amide bonds. The molecule has 7 nitrogen and oxygen atoms in total. The van der Waals surface area contributed by atoms with Crippen molar-refractivity contribution < 1.29 is 27.1 Å². The number of nitrogens with one attached hydrogen (secondary N) is 2. The van der Waals surface area contributed by atoms with Gasteiger partial charge in [0.25, 0.3) is 5.91 Å². The van der Waals surface area contributed by atoms with Crippen molar-refractivity contribution >= 4 is 40.6 Å². The fourth-order valence-electron chi connectivity index (χ4n) is 2.64. The first kappa shape index (κ1) is 23.6. The van der Waals surface area contributed by atoms with E-state index in [1.165, 1.54) is 19.1 Å². The summed E-state index contributed by atoms with van der Waals surface area (Å²) in [6.07, 6.45) is -7.06. The summed E-state index contributed by atoms with van der Waals surface area (Å²) in [7, 11) is 0. The number of nitrogen functional groups attached to an aromatic ring is 1. The first-order valence-electron chi connectivity index (χ1n) is 8.89. The Labute approximate surface area is 188 Å². The molecule has 0 saturated heterocycles. The first-order chi connectivity index (χ1) is 14.9. The summed E-state index contributed by atoms with van der Waals surface area (Å²) < 4.78 is 59.3. The van der Waals surface area contributed by atoms with Gasteiger partial charge in [-0.3, -0.25) is 9.89 Å². The van der Waals surface area contributed by atoms with Gasteiger partial charge in [-0.15, -0.1) is 0 Å². The Balaban J connectivity index is 2.12. The average molecular weight is 492 g/mol. The summed E-state index contributed by atoms with van der Waals surface area (Å²) in [6, 6.07) is 4.34. The number of anilines is 2. The van der Waals surface area contributed by atoms with Gasteiger partial charge in [0.05, 0.1) is 22.0 Å². The molecule has 170 valence electrons. The van der Waals surface area contributed by atoms with Gasteiger partial charge in [-0.2, -0.15) is 18.3 Å². The number of rotatable bonds is 5. The van der Waals surface area contributed by atoms with Crippen molar-refractivity contribution in [3.8, 4) is 17.0 Å². The molecule has 0 fully saturated rings. The fraction of sp³-hybridized carbons (Fsp3) is 0.211. The van der Waals surface area contributed by atoms with Crippen molar-refractivity contribution in [3.05, 3.63) is 51.5 Å². The Kier molecular flexibility index (Phi) is 6.51. The van der Waals surface area contributed by atoms with Crippen LogP contribution in [0.15, 0.2) is 24.3 Å². The number of hydrogen-bond donors (Lipinski definition) is 3. The van der Waals surface area contributed by atoms with Crippen LogP contribution in [0.25, 0.3) is 11.3 Å². The number of nitrogens with zero attached hydrogens (tertiary/aromatic N) is 2. The molecule has 0 bridgehead atoms. The van der Waals surface area contributed by atoms with Gasteiger partial charge in [0, 0.05) is 5.56 Å². The van der Waals surface area contributed by atoms with E-state index >= 15 is 0 Å². The number of H-pyrrole nitrogens is 1. The number of hydrogen-bond acceptors (Lipinski definition) is 5. The molecule has 3 aromatic rings. The number of aryl methyl sites for hydroxylation is 1. The van der Waals surface area contributed by atoms with E-state index in [4.69, 9.17) is 33.7 Å². The molecule has 0 unspecified atom stereocenters. The summed E-state index contributed by atoms with van der Waals surface area (Å²) >= 11 is 12.0. The zero-order valence-corrected chi connectivity index (χ0v) is 18.0. The molecule has 0 aliphatic carbocycles. The predicted octanol–water partition coefficient (Wildman–Crippen LogP) is 5.39. The highest BCUT2D eigenvalue weighted by molar-refractivity contribution is 6.33. The summed E-state index contributed by atoms with van der Waals surface area (Å²) in [4.78, 5) is 16.7. The lowest BCUT2D eigenvalue weighted by molar-refractivity contribution is -0.189. The van der Waals surface area contributed by atoms with Crippen LogP contribution in [0, 0.1) is 12.7 Å². The molecule has 2 heterocycles. The zero-order valence-electron chi connectivity index (χ0n) is 16.4. The molecule has 4 N–H and O–H groups in total. The second-order valence-electron chi connectivity index (χ2n) is 6.65. The summed E-state index contributed by atoms with van der Waals surface area (Å²) in [5, 5.41) is 8.57. The van der Waals surface area contributed by atoms with Crippen LogP contribution in [0.2, 0.25) is 10.2 Å². The predicted molar refractivity (Wildman–Crippen MR) is 111 cm³/mol. The fourth-order valence-corrected chi connectivity index (χ4v) is 3.08. The average Bonchev–Trinajstić information content (AvgIpc) is 3.02. The number of carbonyl (C=O) groups is 1. The van der Waals surface area contributed by atoms with Crippen LogP contribution >= 0.6 is 23.2 Å². The van der Waals surface area contributed by atoms with E-state index in [1.54, 1.807) is 0 Å². The van der Waals surface area contributed by atoms with E-state index < -0.39 is 35.3 Å². The third-order valence-corrected chi connectivity index (χ3v) is 4.92. The minimum Gasteiger partial charge on any atom is -0.480 e. The monoisotopic (exact) mass is 491 g/mol. The van der Waals surface area contributed by atoms with Crippen molar-refractivity contribution in [2.75, 3.05) is 11.1 Å². The summed E-state index contributed by atoms with van der Waals surface area (Å²) in [5.41, 5.74) is 5.05. The molecular weight excluding hydrogens is 477 g/mol. The number of pyridine rings is 1. The van der Waals surface area contributed by atoms with Crippen LogP contribution in [0.5, 0.6) is 5.75 Å². The number of aromatic nitrogens is 3. The molecular formula is C19H15Cl2F4N5O2. The third kappa shape index (κ3) is 4.89. The summed E-state index contributed by atoms with van der Waals surface area (Å²) in [6.45, 7) is 2.27. The number of carbonyl (C=O) groups excluding carboxylic acids is 1. The standard InChI is InChI=1S/C19H15Cl2F4N5O2/c1-7-15(17(21)30-29-7)28-18(31)10-5-12(22)9(16-11(20)3-4-14(26)27-16)6-13(10)32-8(2)19(23,24)25/h3-6,8H,1-2H3,(H2,26,27)(H,28,31)(H,29,30)/t8-/m0/s1. The first-order valence-corrected chi connectivity index (χ1v) is 9.65. The summed E-state index contributed by atoms with van der Waals surface area (Å²) in [5.74, 6) is -2.52. The number of ether oxygens (including phenoxy) is 1. The number of amides is 1. The smallest absolute Gasteiger partial charge is 0.425 e. The number of benzene rings is 1. The van der Waals surface area contributed by atoms with E-state index in [2.05, 4.69) is 20.5 Å². The van der Waals surface area contributed by atoms with E-state index in [0.29, 0.717) is 11.8 Å². The highest BCUT2D eigenvalue weighted by atomic mass is 35.5. The van der Waals surface area contributed by atoms with E-state index in [0.717, 1.165) is 13.0 Å². The minimum atomic E-state index is -4.75. The van der Waals surface area contributed by atoms with Gasteiger partial charge in [0.15, 0.2) is 6.10 Å². The lowest BCUT2D eigenvalue weighted by Gasteiger charge is -2.20. The number of alkyl halides is 3. The lowest BCUT2D eigenvalue weighted by Crippen LogP contribution is -2.32. The van der Waals surface area contributed by atoms with Gasteiger partial charge in [-0.05, 0) is 38.1 Å². The van der Waals surface area contributed by atoms with Gasteiger partial charge < -0.3 is 15.8 Å². The maximum Gasteiger partial charge on any atom is 0.425 e. The van der Waals surface area contributed by atoms with Crippen LogP contribution in [-0.4, -0.2) is 33.4 Å². The SMILES string of the molecule is Cc1n[nH]c(Cl)c1NC(=O)c1cc(F)c(-c2nc(N)ccc2Cl)cc1O[C@@H](C)C(F)(F)F. The number of nitrogens with two attached hydrogens (primary N) is 1. The van der Waals surface area contributed by atoms with Crippen molar-refractivity contribution in [1.29, 1.82) is 0 Å². The highest BCUT2D eigenvalue weighted by Crippen LogP contribution is 2.36. The van der Waals surface area contributed by atoms with E-state index in [9.17, 15) is 22.4 Å². The van der Waals surface area contributed by atoms with Crippen molar-refractivity contribution in [2.45, 2.75) is 26.1 Å². The maximum absolute atomic E-state index is 15.0. The third-order valence-electron chi connectivity index (χ3n) is 4.34. The largest absolute Gasteiger partial charge is 0.480 e. The molecule has 2 aromatic heterocycles. The Morgan fingerprint density at radius 3 is 2.56 bits per heavy atom. The van der Waals surface area contributed by atoms with Crippen LogP contribution in [0.4, 0.5) is 29.1 Å². The molecule has 0 aliphatic rings. The lowest BCUT2D eigenvalue weighted by atomic mass is 10.0. The van der Waals surface area contributed by atoms with Gasteiger partial charge in [0.2, 0.25) is 0 Å². The Morgan fingerprint density at radius 1 is 1.28 bits per heavy atom. The van der Waals surface area contributed by atoms with Gasteiger partial charge >= 0.3 is 6.18 Å². The molecule has 32 heavy (non-hydrogen) atoms. The van der Waals surface area contributed by atoms with Crippen LogP contribution in [0.3, 0.4) is 0 Å². The molecule has 0 radical (unpaired) electrons. The van der Waals surface area contributed by atoms with Crippen LogP contribution in [0.1, 0.15) is 23.0 Å². The molecule has 0 saturated carbocycles. The molecule has 13 heteroatoms.